The fourth-order valence-electron chi connectivity index (χ4n) is 5.67. The van der Waals surface area contributed by atoms with E-state index in [1.165, 1.54) is 0 Å². The van der Waals surface area contributed by atoms with E-state index in [1.54, 1.807) is 12.1 Å². The Morgan fingerprint density at radius 2 is 1.68 bits per heavy atom. The van der Waals surface area contributed by atoms with Crippen molar-refractivity contribution in [2.75, 3.05) is 17.0 Å². The number of phenolic OH excluding ortho intramolecular Hbond substituents is 1. The molecule has 41 heavy (non-hydrogen) atoms. The van der Waals surface area contributed by atoms with Gasteiger partial charge >= 0.3 is 0 Å². The average Bonchev–Trinajstić information content (AvgIpc) is 3.60. The number of amidine groups is 2. The summed E-state index contributed by atoms with van der Waals surface area (Å²) in [6.07, 6.45) is 0. The first kappa shape index (κ1) is 23.3. The van der Waals surface area contributed by atoms with Gasteiger partial charge in [-0.2, -0.15) is 5.10 Å². The van der Waals surface area contributed by atoms with Crippen LogP contribution in [0.4, 0.5) is 22.9 Å². The number of aliphatic imine (C=N–C) groups is 2. The van der Waals surface area contributed by atoms with Gasteiger partial charge in [0.2, 0.25) is 6.79 Å². The number of ether oxygens (including phenoxy) is 2. The number of aryl methyl sites for hydroxylation is 1. The van der Waals surface area contributed by atoms with Gasteiger partial charge in [-0.05, 0) is 61.0 Å². The minimum atomic E-state index is -0.327. The number of benzene rings is 4. The van der Waals surface area contributed by atoms with Crippen LogP contribution in [-0.4, -0.2) is 33.4 Å². The van der Waals surface area contributed by atoms with Crippen molar-refractivity contribution >= 4 is 34.6 Å². The molecular formula is C32H24N6O3. The van der Waals surface area contributed by atoms with Gasteiger partial charge < -0.3 is 24.8 Å². The minimum Gasteiger partial charge on any atom is -0.508 e. The molecule has 0 amide bonds. The van der Waals surface area contributed by atoms with Crippen LogP contribution in [0.5, 0.6) is 17.2 Å². The third-order valence-corrected chi connectivity index (χ3v) is 7.46. The summed E-state index contributed by atoms with van der Waals surface area (Å²) < 4.78 is 13.0. The molecule has 0 saturated carbocycles. The predicted octanol–water partition coefficient (Wildman–Crippen LogP) is 6.41. The third kappa shape index (κ3) is 3.74. The number of hydrogen-bond acceptors (Lipinski definition) is 8. The lowest BCUT2D eigenvalue weighted by Crippen LogP contribution is -2.46. The molecule has 3 aliphatic heterocycles. The summed E-state index contributed by atoms with van der Waals surface area (Å²) in [6.45, 7) is 2.20. The highest BCUT2D eigenvalue weighted by atomic mass is 16.7. The van der Waals surface area contributed by atoms with Crippen LogP contribution in [0.2, 0.25) is 0 Å². The predicted molar refractivity (Wildman–Crippen MR) is 158 cm³/mol. The summed E-state index contributed by atoms with van der Waals surface area (Å²) in [5.74, 6) is 3.51. The van der Waals surface area contributed by atoms with Crippen molar-refractivity contribution in [1.29, 1.82) is 0 Å². The highest BCUT2D eigenvalue weighted by molar-refractivity contribution is 6.51. The van der Waals surface area contributed by atoms with Gasteiger partial charge in [0.25, 0.3) is 0 Å². The summed E-state index contributed by atoms with van der Waals surface area (Å²) in [5, 5.41) is 19.0. The molecule has 0 aliphatic carbocycles. The van der Waals surface area contributed by atoms with E-state index in [9.17, 15) is 5.11 Å². The normalized spacial score (nSPS) is 16.3. The van der Waals surface area contributed by atoms with Crippen molar-refractivity contribution in [2.24, 2.45) is 9.98 Å². The largest absolute Gasteiger partial charge is 0.508 e. The van der Waals surface area contributed by atoms with Crippen LogP contribution in [-0.2, 0) is 0 Å². The summed E-state index contributed by atoms with van der Waals surface area (Å²) in [5.41, 5.74) is 6.14. The number of fused-ring (bicyclic) bond motifs is 5. The van der Waals surface area contributed by atoms with Gasteiger partial charge in [0, 0.05) is 17.3 Å². The highest BCUT2D eigenvalue weighted by Crippen LogP contribution is 2.48. The fraction of sp³-hybridized carbons (Fsp3) is 0.0938. The van der Waals surface area contributed by atoms with E-state index in [1.807, 2.05) is 96.5 Å². The van der Waals surface area contributed by atoms with Crippen molar-refractivity contribution < 1.29 is 14.6 Å². The summed E-state index contributed by atoms with van der Waals surface area (Å²) in [7, 11) is 0. The van der Waals surface area contributed by atoms with Crippen molar-refractivity contribution in [1.82, 2.24) is 9.78 Å². The lowest BCUT2D eigenvalue weighted by molar-refractivity contribution is 0.174. The SMILES string of the molecule is Cc1nn(-c2ccccc2)c2c1[C@H](c1cccc(O)c1)N1C(=N2)C(Nc2ccc3c(c2)OCO3)=Nc2ccccc21. The Hall–Kier alpha value is -5.57. The minimum absolute atomic E-state index is 0.193. The fourth-order valence-corrected chi connectivity index (χ4v) is 5.67. The first-order valence-corrected chi connectivity index (χ1v) is 13.3. The second kappa shape index (κ2) is 8.99. The highest BCUT2D eigenvalue weighted by Gasteiger charge is 2.41. The molecule has 0 unspecified atom stereocenters. The quantitative estimate of drug-likeness (QED) is 0.275. The topological polar surface area (TPSA) is 96.5 Å². The van der Waals surface area contributed by atoms with Crippen LogP contribution in [0.15, 0.2) is 107 Å². The molecule has 9 nitrogen and oxygen atoms in total. The van der Waals surface area contributed by atoms with Crippen LogP contribution in [0.25, 0.3) is 5.69 Å². The molecule has 9 heteroatoms. The molecule has 1 atom stereocenters. The number of rotatable bonds is 3. The van der Waals surface area contributed by atoms with Gasteiger partial charge in [0.1, 0.15) is 5.75 Å². The van der Waals surface area contributed by atoms with Crippen molar-refractivity contribution in [3.05, 3.63) is 114 Å². The summed E-state index contributed by atoms with van der Waals surface area (Å²) >= 11 is 0. The number of phenols is 1. The maximum atomic E-state index is 10.5. The molecule has 4 aromatic carbocycles. The summed E-state index contributed by atoms with van der Waals surface area (Å²) in [4.78, 5) is 12.5. The smallest absolute Gasteiger partial charge is 0.231 e. The summed E-state index contributed by atoms with van der Waals surface area (Å²) in [6, 6.07) is 30.7. The Balaban J connectivity index is 1.37. The van der Waals surface area contributed by atoms with E-state index in [-0.39, 0.29) is 18.6 Å². The van der Waals surface area contributed by atoms with Crippen molar-refractivity contribution in [3.63, 3.8) is 0 Å². The molecule has 4 heterocycles. The molecule has 0 saturated heterocycles. The van der Waals surface area contributed by atoms with Crippen LogP contribution in [0.3, 0.4) is 0 Å². The number of anilines is 2. The molecule has 5 aromatic rings. The molecule has 0 spiro atoms. The van der Waals surface area contributed by atoms with E-state index in [4.69, 9.17) is 24.6 Å². The number of nitrogens with one attached hydrogen (secondary N) is 1. The molecule has 0 fully saturated rings. The third-order valence-electron chi connectivity index (χ3n) is 7.46. The van der Waals surface area contributed by atoms with Crippen LogP contribution >= 0.6 is 0 Å². The Morgan fingerprint density at radius 1 is 0.854 bits per heavy atom. The number of aromatic hydroxyl groups is 1. The van der Waals surface area contributed by atoms with Crippen molar-refractivity contribution in [2.45, 2.75) is 13.0 Å². The molecule has 3 aliphatic rings. The second-order valence-corrected chi connectivity index (χ2v) is 10.0. The van der Waals surface area contributed by atoms with Crippen LogP contribution in [0.1, 0.15) is 22.9 Å². The van der Waals surface area contributed by atoms with E-state index in [2.05, 4.69) is 10.2 Å². The second-order valence-electron chi connectivity index (χ2n) is 10.0. The molecule has 0 bridgehead atoms. The molecular weight excluding hydrogens is 516 g/mol. The van der Waals surface area contributed by atoms with E-state index in [0.717, 1.165) is 39.6 Å². The Kier molecular flexibility index (Phi) is 5.11. The first-order chi connectivity index (χ1) is 20.1. The van der Waals surface area contributed by atoms with E-state index >= 15 is 0 Å². The Morgan fingerprint density at radius 3 is 2.56 bits per heavy atom. The number of hydrogen-bond donors (Lipinski definition) is 2. The zero-order chi connectivity index (χ0) is 27.5. The lowest BCUT2D eigenvalue weighted by Gasteiger charge is -2.40. The monoisotopic (exact) mass is 540 g/mol. The maximum absolute atomic E-state index is 10.5. The first-order valence-electron chi connectivity index (χ1n) is 13.3. The van der Waals surface area contributed by atoms with Crippen LogP contribution in [0, 0.1) is 6.92 Å². The van der Waals surface area contributed by atoms with E-state index in [0.29, 0.717) is 29.0 Å². The van der Waals surface area contributed by atoms with Gasteiger partial charge in [0.15, 0.2) is 29.0 Å². The van der Waals surface area contributed by atoms with Gasteiger partial charge in [-0.25, -0.2) is 14.7 Å². The van der Waals surface area contributed by atoms with Crippen molar-refractivity contribution in [3.8, 4) is 22.9 Å². The number of aromatic nitrogens is 2. The van der Waals surface area contributed by atoms with Gasteiger partial charge in [-0.15, -0.1) is 0 Å². The van der Waals surface area contributed by atoms with E-state index < -0.39 is 0 Å². The Labute approximate surface area is 235 Å². The molecule has 0 radical (unpaired) electrons. The van der Waals surface area contributed by atoms with Gasteiger partial charge in [0.05, 0.1) is 28.8 Å². The molecule has 8 rings (SSSR count). The molecule has 2 N–H and O–H groups in total. The maximum Gasteiger partial charge on any atom is 0.231 e. The standard InChI is InChI=1S/C32H24N6O3/c1-19-28-29(20-8-7-11-23(39)16-20)37-25-13-6-5-12-24(25)34-30(33-21-14-15-26-27(17-21)41-18-40-26)32(37)35-31(28)38(36-19)22-9-3-2-4-10-22/h2-17,29,39H,18H2,1H3,(H,33,34)/t29-/m0/s1. The number of para-hydroxylation sites is 3. The number of nitrogens with zero attached hydrogens (tertiary/aromatic N) is 5. The molecule has 200 valence electrons. The van der Waals surface area contributed by atoms with Gasteiger partial charge in [-0.1, -0.05) is 42.5 Å². The zero-order valence-electron chi connectivity index (χ0n) is 22.0. The van der Waals surface area contributed by atoms with Gasteiger partial charge in [-0.3, -0.25) is 0 Å². The average molecular weight is 541 g/mol. The zero-order valence-corrected chi connectivity index (χ0v) is 22.0. The van der Waals surface area contributed by atoms with Crippen LogP contribution < -0.4 is 19.7 Å². The molecule has 1 aromatic heterocycles. The lowest BCUT2D eigenvalue weighted by atomic mass is 9.93. The Bertz CT molecular complexity index is 1900.